The largest absolute Gasteiger partial charge is 0.492 e. The Morgan fingerprint density at radius 3 is 2.54 bits per heavy atom. The van der Waals surface area contributed by atoms with E-state index in [1.165, 1.54) is 24.3 Å². The van der Waals surface area contributed by atoms with Gasteiger partial charge in [0.25, 0.3) is 5.91 Å². The average Bonchev–Trinajstić information content (AvgIpc) is 2.59. The van der Waals surface area contributed by atoms with Gasteiger partial charge in [0.1, 0.15) is 18.2 Å². The molecular formula is C19H22FN3O3. The maximum absolute atomic E-state index is 12.8. The average molecular weight is 359 g/mol. The molecule has 0 saturated carbocycles. The Hall–Kier alpha value is -3.09. The van der Waals surface area contributed by atoms with E-state index in [-0.39, 0.29) is 30.4 Å². The Balaban J connectivity index is 1.80. The molecule has 0 heterocycles. The summed E-state index contributed by atoms with van der Waals surface area (Å²) in [5, 5.41) is 8.11. The fourth-order valence-electron chi connectivity index (χ4n) is 2.13. The van der Waals surface area contributed by atoms with Crippen LogP contribution >= 0.6 is 0 Å². The number of anilines is 1. The van der Waals surface area contributed by atoms with Crippen LogP contribution in [-0.2, 0) is 0 Å². The minimum absolute atomic E-state index is 0.0163. The van der Waals surface area contributed by atoms with E-state index < -0.39 is 0 Å². The smallest absolute Gasteiger partial charge is 0.319 e. The third-order valence-corrected chi connectivity index (χ3v) is 3.27. The van der Waals surface area contributed by atoms with Crippen molar-refractivity contribution in [2.75, 3.05) is 18.5 Å². The van der Waals surface area contributed by atoms with Gasteiger partial charge in [-0.3, -0.25) is 4.79 Å². The van der Waals surface area contributed by atoms with Crippen molar-refractivity contribution >= 4 is 17.6 Å². The molecule has 0 spiro atoms. The third kappa shape index (κ3) is 6.43. The Labute approximate surface area is 151 Å². The predicted molar refractivity (Wildman–Crippen MR) is 98.0 cm³/mol. The monoisotopic (exact) mass is 359 g/mol. The molecule has 0 aliphatic rings. The van der Waals surface area contributed by atoms with E-state index in [9.17, 15) is 14.0 Å². The SMILES string of the molecule is CC(C)NC(=O)Nc1cccc(C(=O)NCCOc2ccc(F)cc2)c1. The first-order valence-electron chi connectivity index (χ1n) is 8.28. The van der Waals surface area contributed by atoms with Crippen LogP contribution < -0.4 is 20.7 Å². The van der Waals surface area contributed by atoms with Gasteiger partial charge >= 0.3 is 6.03 Å². The Bertz CT molecular complexity index is 748. The lowest BCUT2D eigenvalue weighted by Crippen LogP contribution is -2.34. The fraction of sp³-hybridized carbons (Fsp3) is 0.263. The van der Waals surface area contributed by atoms with Crippen molar-refractivity contribution in [3.63, 3.8) is 0 Å². The topological polar surface area (TPSA) is 79.5 Å². The van der Waals surface area contributed by atoms with E-state index in [1.54, 1.807) is 24.3 Å². The third-order valence-electron chi connectivity index (χ3n) is 3.27. The molecule has 0 saturated heterocycles. The molecule has 0 unspecified atom stereocenters. The van der Waals surface area contributed by atoms with E-state index in [1.807, 2.05) is 13.8 Å². The number of halogens is 1. The van der Waals surface area contributed by atoms with Crippen LogP contribution in [0.3, 0.4) is 0 Å². The molecule has 0 aromatic heterocycles. The molecule has 7 heteroatoms. The summed E-state index contributed by atoms with van der Waals surface area (Å²) in [6, 6.07) is 12.0. The Morgan fingerprint density at radius 1 is 1.12 bits per heavy atom. The van der Waals surface area contributed by atoms with E-state index in [0.717, 1.165) is 0 Å². The number of amides is 3. The van der Waals surface area contributed by atoms with E-state index >= 15 is 0 Å². The molecule has 0 aliphatic carbocycles. The fourth-order valence-corrected chi connectivity index (χ4v) is 2.13. The molecule has 138 valence electrons. The molecule has 0 aliphatic heterocycles. The van der Waals surface area contributed by atoms with Crippen LogP contribution in [0.1, 0.15) is 24.2 Å². The molecule has 2 aromatic rings. The van der Waals surface area contributed by atoms with Crippen molar-refractivity contribution in [1.82, 2.24) is 10.6 Å². The highest BCUT2D eigenvalue weighted by Crippen LogP contribution is 2.12. The summed E-state index contributed by atoms with van der Waals surface area (Å²) in [5.41, 5.74) is 0.951. The second-order valence-electron chi connectivity index (χ2n) is 5.89. The second-order valence-corrected chi connectivity index (χ2v) is 5.89. The van der Waals surface area contributed by atoms with Gasteiger partial charge in [0.05, 0.1) is 6.54 Å². The summed E-state index contributed by atoms with van der Waals surface area (Å²) in [7, 11) is 0. The van der Waals surface area contributed by atoms with Gasteiger partial charge in [-0.1, -0.05) is 6.07 Å². The number of nitrogens with one attached hydrogen (secondary N) is 3. The number of urea groups is 1. The van der Waals surface area contributed by atoms with Crippen molar-refractivity contribution in [3.8, 4) is 5.75 Å². The van der Waals surface area contributed by atoms with Crippen molar-refractivity contribution in [2.24, 2.45) is 0 Å². The van der Waals surface area contributed by atoms with Crippen LogP contribution in [-0.4, -0.2) is 31.1 Å². The zero-order valence-electron chi connectivity index (χ0n) is 14.7. The summed E-state index contributed by atoms with van der Waals surface area (Å²) in [4.78, 5) is 23.9. The number of hydrogen-bond acceptors (Lipinski definition) is 3. The zero-order valence-corrected chi connectivity index (χ0v) is 14.7. The first-order chi connectivity index (χ1) is 12.4. The van der Waals surface area contributed by atoms with Crippen LogP contribution in [0.25, 0.3) is 0 Å². The summed E-state index contributed by atoms with van der Waals surface area (Å²) in [6.07, 6.45) is 0. The standard InChI is InChI=1S/C19H22FN3O3/c1-13(2)22-19(25)23-16-5-3-4-14(12-16)18(24)21-10-11-26-17-8-6-15(20)7-9-17/h3-9,12-13H,10-11H2,1-2H3,(H,21,24)(H2,22,23,25). The molecule has 3 N–H and O–H groups in total. The molecule has 2 aromatic carbocycles. The lowest BCUT2D eigenvalue weighted by Gasteiger charge is -2.11. The highest BCUT2D eigenvalue weighted by atomic mass is 19.1. The molecule has 26 heavy (non-hydrogen) atoms. The zero-order chi connectivity index (χ0) is 18.9. The van der Waals surface area contributed by atoms with Gasteiger partial charge in [-0.05, 0) is 56.3 Å². The van der Waals surface area contributed by atoms with Gasteiger partial charge in [0.15, 0.2) is 0 Å². The quantitative estimate of drug-likeness (QED) is 0.665. The summed E-state index contributed by atoms with van der Waals surface area (Å²) < 4.78 is 18.2. The molecule has 3 amide bonds. The highest BCUT2D eigenvalue weighted by Gasteiger charge is 2.08. The number of rotatable bonds is 7. The number of ether oxygens (including phenoxy) is 1. The van der Waals surface area contributed by atoms with Gasteiger partial charge < -0.3 is 20.7 Å². The molecule has 2 rings (SSSR count). The van der Waals surface area contributed by atoms with E-state index in [0.29, 0.717) is 23.5 Å². The lowest BCUT2D eigenvalue weighted by molar-refractivity contribution is 0.0947. The molecule has 0 radical (unpaired) electrons. The van der Waals surface area contributed by atoms with Crippen LogP contribution in [0.15, 0.2) is 48.5 Å². The predicted octanol–water partition coefficient (Wildman–Crippen LogP) is 3.16. The van der Waals surface area contributed by atoms with E-state index in [2.05, 4.69) is 16.0 Å². The highest BCUT2D eigenvalue weighted by molar-refractivity contribution is 5.96. The van der Waals surface area contributed by atoms with Crippen LogP contribution in [0.2, 0.25) is 0 Å². The Kier molecular flexibility index (Phi) is 6.96. The Morgan fingerprint density at radius 2 is 1.85 bits per heavy atom. The summed E-state index contributed by atoms with van der Waals surface area (Å²) in [6.45, 7) is 4.27. The first kappa shape index (κ1) is 19.2. The van der Waals surface area contributed by atoms with E-state index in [4.69, 9.17) is 4.74 Å². The lowest BCUT2D eigenvalue weighted by atomic mass is 10.2. The number of carbonyl (C=O) groups is 2. The number of hydrogen-bond donors (Lipinski definition) is 3. The van der Waals surface area contributed by atoms with Gasteiger partial charge in [-0.2, -0.15) is 0 Å². The first-order valence-corrected chi connectivity index (χ1v) is 8.28. The van der Waals surface area contributed by atoms with Gasteiger partial charge in [0.2, 0.25) is 0 Å². The minimum atomic E-state index is -0.332. The normalized spacial score (nSPS) is 10.3. The van der Waals surface area contributed by atoms with Crippen LogP contribution in [0.4, 0.5) is 14.9 Å². The van der Waals surface area contributed by atoms with Crippen molar-refractivity contribution < 1.29 is 18.7 Å². The maximum Gasteiger partial charge on any atom is 0.319 e. The van der Waals surface area contributed by atoms with Crippen molar-refractivity contribution in [3.05, 3.63) is 59.9 Å². The molecule has 0 bridgehead atoms. The van der Waals surface area contributed by atoms with Crippen LogP contribution in [0, 0.1) is 5.82 Å². The van der Waals surface area contributed by atoms with Crippen molar-refractivity contribution in [2.45, 2.75) is 19.9 Å². The second kappa shape index (κ2) is 9.41. The minimum Gasteiger partial charge on any atom is -0.492 e. The maximum atomic E-state index is 12.8. The summed E-state index contributed by atoms with van der Waals surface area (Å²) >= 11 is 0. The van der Waals surface area contributed by atoms with Gasteiger partial charge in [-0.15, -0.1) is 0 Å². The van der Waals surface area contributed by atoms with Crippen LogP contribution in [0.5, 0.6) is 5.75 Å². The van der Waals surface area contributed by atoms with Gasteiger partial charge in [0, 0.05) is 17.3 Å². The molecule has 0 fully saturated rings. The molecule has 0 atom stereocenters. The summed E-state index contributed by atoms with van der Waals surface area (Å²) in [5.74, 6) is -0.0788. The number of carbonyl (C=O) groups excluding carboxylic acids is 2. The molecule has 6 nitrogen and oxygen atoms in total. The number of benzene rings is 2. The molecular weight excluding hydrogens is 337 g/mol. The van der Waals surface area contributed by atoms with Gasteiger partial charge in [-0.25, -0.2) is 9.18 Å². The van der Waals surface area contributed by atoms with Crippen molar-refractivity contribution in [1.29, 1.82) is 0 Å².